The van der Waals surface area contributed by atoms with Crippen LogP contribution in [0.3, 0.4) is 0 Å². The molecule has 0 amide bonds. The van der Waals surface area contributed by atoms with Crippen LogP contribution in [0.1, 0.15) is 50.9 Å². The summed E-state index contributed by atoms with van der Waals surface area (Å²) in [6.45, 7) is 6.24. The van der Waals surface area contributed by atoms with E-state index < -0.39 is 10.0 Å². The maximum Gasteiger partial charge on any atom is 0.306 e. The molecule has 2 heterocycles. The molecule has 0 atom stereocenters. The highest BCUT2D eigenvalue weighted by atomic mass is 32.2. The molecule has 188 valence electrons. The first-order valence-corrected chi connectivity index (χ1v) is 13.7. The third-order valence-corrected chi connectivity index (χ3v) is 8.20. The highest BCUT2D eigenvalue weighted by molar-refractivity contribution is 7.89. The number of fused-ring (bicyclic) bond motifs is 1. The van der Waals surface area contributed by atoms with Gasteiger partial charge in [0.15, 0.2) is 0 Å². The molecule has 1 saturated heterocycles. The summed E-state index contributed by atoms with van der Waals surface area (Å²) in [6, 6.07) is 12.7. The minimum Gasteiger partial charge on any atom is -0.494 e. The molecule has 8 nitrogen and oxygen atoms in total. The number of rotatable bonds is 10. The van der Waals surface area contributed by atoms with Crippen molar-refractivity contribution in [1.29, 1.82) is 0 Å². The molecular weight excluding hydrogens is 466 g/mol. The number of para-hydroxylation sites is 1. The third kappa shape index (κ3) is 5.67. The van der Waals surface area contributed by atoms with E-state index in [1.165, 1.54) is 0 Å². The van der Waals surface area contributed by atoms with Gasteiger partial charge in [0.05, 0.1) is 22.5 Å². The molecule has 4 rings (SSSR count). The van der Waals surface area contributed by atoms with Crippen LogP contribution in [0.25, 0.3) is 11.0 Å². The number of sulfonamides is 1. The summed E-state index contributed by atoms with van der Waals surface area (Å²) < 4.78 is 40.8. The van der Waals surface area contributed by atoms with Crippen LogP contribution in [0.5, 0.6) is 5.75 Å². The number of aryl methyl sites for hydroxylation is 2. The third-order valence-electron chi connectivity index (χ3n) is 6.30. The van der Waals surface area contributed by atoms with Crippen molar-refractivity contribution < 1.29 is 22.7 Å². The molecule has 3 aromatic rings. The summed E-state index contributed by atoms with van der Waals surface area (Å²) in [4.78, 5) is 17.3. The second kappa shape index (κ2) is 11.2. The first-order valence-electron chi connectivity index (χ1n) is 12.3. The lowest BCUT2D eigenvalue weighted by molar-refractivity contribution is -0.145. The molecule has 1 aromatic heterocycles. The second-order valence-electron chi connectivity index (χ2n) is 8.59. The molecule has 0 N–H and O–H groups in total. The molecule has 0 bridgehead atoms. The molecule has 0 spiro atoms. The first-order chi connectivity index (χ1) is 16.9. The summed E-state index contributed by atoms with van der Waals surface area (Å²) in [6.07, 6.45) is 3.59. The van der Waals surface area contributed by atoms with Crippen LogP contribution in [0, 0.1) is 0 Å². The number of nitrogens with zero attached hydrogens (tertiary/aromatic N) is 3. The highest BCUT2D eigenvalue weighted by Crippen LogP contribution is 2.25. The van der Waals surface area contributed by atoms with E-state index in [0.717, 1.165) is 36.1 Å². The molecule has 0 unspecified atom stereocenters. The minimum atomic E-state index is -3.54. The average Bonchev–Trinajstić information content (AvgIpc) is 3.24. The van der Waals surface area contributed by atoms with Crippen LogP contribution in [-0.2, 0) is 39.1 Å². The zero-order chi connectivity index (χ0) is 24.8. The Kier molecular flexibility index (Phi) is 8.07. The Balaban J connectivity index is 1.45. The lowest BCUT2D eigenvalue weighted by Crippen LogP contribution is -2.35. The Morgan fingerprint density at radius 1 is 1.06 bits per heavy atom. The number of ether oxygens (including phenoxy) is 2. The van der Waals surface area contributed by atoms with Crippen LogP contribution in [0.4, 0.5) is 0 Å². The molecule has 0 saturated carbocycles. The predicted octanol–water partition coefficient (Wildman–Crippen LogP) is 4.31. The van der Waals surface area contributed by atoms with Gasteiger partial charge >= 0.3 is 5.97 Å². The van der Waals surface area contributed by atoms with Gasteiger partial charge in [-0.3, -0.25) is 4.79 Å². The van der Waals surface area contributed by atoms with Crippen molar-refractivity contribution in [3.63, 3.8) is 0 Å². The molecular formula is C26H33N3O5S. The van der Waals surface area contributed by atoms with E-state index in [4.69, 9.17) is 9.47 Å². The fourth-order valence-electron chi connectivity index (χ4n) is 4.50. The molecule has 2 aromatic carbocycles. The van der Waals surface area contributed by atoms with Crippen molar-refractivity contribution >= 4 is 27.0 Å². The topological polar surface area (TPSA) is 90.7 Å². The van der Waals surface area contributed by atoms with E-state index in [9.17, 15) is 13.2 Å². The number of hydrogen-bond acceptors (Lipinski definition) is 6. The number of aromatic nitrogens is 2. The molecule has 0 radical (unpaired) electrons. The Hall–Kier alpha value is -2.91. The average molecular weight is 500 g/mol. The number of hydrogen-bond donors (Lipinski definition) is 0. The van der Waals surface area contributed by atoms with Crippen LogP contribution >= 0.6 is 0 Å². The number of imidazole rings is 1. The number of benzene rings is 2. The van der Waals surface area contributed by atoms with Crippen molar-refractivity contribution in [3.8, 4) is 5.75 Å². The summed E-state index contributed by atoms with van der Waals surface area (Å²) in [7, 11) is -3.54. The fourth-order valence-corrected chi connectivity index (χ4v) is 6.04. The van der Waals surface area contributed by atoms with Gasteiger partial charge in [0.1, 0.15) is 18.2 Å². The zero-order valence-corrected chi connectivity index (χ0v) is 21.2. The lowest BCUT2D eigenvalue weighted by atomic mass is 10.1. The standard InChI is InChI=1S/C26H33N3O5S/c1-3-29-23-14-13-21(35(31,32)28-16-8-5-9-17-28)18-22(23)27-25(29)19-34-26(30)15-12-20-10-6-7-11-24(20)33-4-2/h6-7,10-11,13-14,18H,3-5,8-9,12,15-17,19H2,1-2H3. The van der Waals surface area contributed by atoms with Gasteiger partial charge in [0.25, 0.3) is 0 Å². The summed E-state index contributed by atoms with van der Waals surface area (Å²) in [5.41, 5.74) is 2.37. The van der Waals surface area contributed by atoms with E-state index in [2.05, 4.69) is 4.98 Å². The largest absolute Gasteiger partial charge is 0.494 e. The molecule has 1 aliphatic rings. The first kappa shape index (κ1) is 25.2. The van der Waals surface area contributed by atoms with Gasteiger partial charge in [-0.1, -0.05) is 24.6 Å². The maximum atomic E-state index is 13.1. The predicted molar refractivity (Wildman–Crippen MR) is 134 cm³/mol. The second-order valence-corrected chi connectivity index (χ2v) is 10.5. The smallest absolute Gasteiger partial charge is 0.306 e. The number of carbonyl (C=O) groups excluding carboxylic acids is 1. The summed E-state index contributed by atoms with van der Waals surface area (Å²) in [5, 5.41) is 0. The van der Waals surface area contributed by atoms with Crippen LogP contribution in [-0.4, -0.2) is 47.9 Å². The van der Waals surface area contributed by atoms with Crippen molar-refractivity contribution in [3.05, 3.63) is 53.9 Å². The van der Waals surface area contributed by atoms with Crippen LogP contribution in [0.2, 0.25) is 0 Å². The van der Waals surface area contributed by atoms with Gasteiger partial charge < -0.3 is 14.0 Å². The van der Waals surface area contributed by atoms with E-state index >= 15 is 0 Å². The molecule has 35 heavy (non-hydrogen) atoms. The van der Waals surface area contributed by atoms with E-state index in [1.807, 2.05) is 42.7 Å². The Labute approximate surface area is 206 Å². The number of carbonyl (C=O) groups is 1. The lowest BCUT2D eigenvalue weighted by Gasteiger charge is -2.25. The molecule has 1 aliphatic heterocycles. The van der Waals surface area contributed by atoms with Gasteiger partial charge in [0, 0.05) is 26.1 Å². The van der Waals surface area contributed by atoms with Crippen molar-refractivity contribution in [2.24, 2.45) is 0 Å². The SMILES string of the molecule is CCOc1ccccc1CCC(=O)OCc1nc2cc(S(=O)(=O)N3CCCCC3)ccc2n1CC. The molecule has 0 aliphatic carbocycles. The number of piperidine rings is 1. The summed E-state index contributed by atoms with van der Waals surface area (Å²) >= 11 is 0. The molecule has 9 heteroatoms. The van der Waals surface area contributed by atoms with Gasteiger partial charge in [-0.05, 0) is 62.9 Å². The van der Waals surface area contributed by atoms with Crippen LogP contribution < -0.4 is 4.74 Å². The van der Waals surface area contributed by atoms with Gasteiger partial charge in [0.2, 0.25) is 10.0 Å². The fraction of sp³-hybridized carbons (Fsp3) is 0.462. The zero-order valence-electron chi connectivity index (χ0n) is 20.4. The Morgan fingerprint density at radius 3 is 2.57 bits per heavy atom. The molecule has 1 fully saturated rings. The van der Waals surface area contributed by atoms with Crippen LogP contribution in [0.15, 0.2) is 47.4 Å². The number of esters is 1. The van der Waals surface area contributed by atoms with Crippen molar-refractivity contribution in [1.82, 2.24) is 13.9 Å². The van der Waals surface area contributed by atoms with E-state index in [-0.39, 0.29) is 23.9 Å². The monoisotopic (exact) mass is 499 g/mol. The van der Waals surface area contributed by atoms with E-state index in [1.54, 1.807) is 22.5 Å². The van der Waals surface area contributed by atoms with Crippen molar-refractivity contribution in [2.45, 2.75) is 64.0 Å². The highest BCUT2D eigenvalue weighted by Gasteiger charge is 2.26. The maximum absolute atomic E-state index is 13.1. The Morgan fingerprint density at radius 2 is 1.83 bits per heavy atom. The summed E-state index contributed by atoms with van der Waals surface area (Å²) in [5.74, 6) is 1.06. The van der Waals surface area contributed by atoms with Gasteiger partial charge in [-0.2, -0.15) is 4.31 Å². The Bertz CT molecular complexity index is 1280. The normalized spacial score (nSPS) is 14.8. The van der Waals surface area contributed by atoms with Gasteiger partial charge in [-0.15, -0.1) is 0 Å². The van der Waals surface area contributed by atoms with Crippen molar-refractivity contribution in [2.75, 3.05) is 19.7 Å². The quantitative estimate of drug-likeness (QED) is 0.386. The minimum absolute atomic E-state index is 0.0304. The van der Waals surface area contributed by atoms with Gasteiger partial charge in [-0.25, -0.2) is 13.4 Å². The van der Waals surface area contributed by atoms with E-state index in [0.29, 0.717) is 44.0 Å².